The normalized spacial score (nSPS) is 20.2. The van der Waals surface area contributed by atoms with E-state index >= 15 is 0 Å². The number of rotatable bonds is 11. The number of hydrogen-bond acceptors (Lipinski definition) is 4. The second kappa shape index (κ2) is 12.5. The van der Waals surface area contributed by atoms with E-state index in [0.29, 0.717) is 6.42 Å². The van der Waals surface area contributed by atoms with E-state index in [1.54, 1.807) is 12.2 Å². The van der Waals surface area contributed by atoms with Crippen molar-refractivity contribution >= 4 is 11.8 Å². The second-order valence-corrected chi connectivity index (χ2v) is 6.83. The number of carbonyl (C=O) groups excluding carboxylic acids is 2. The number of aliphatic hydroxyl groups excluding tert-OH is 1. The van der Waals surface area contributed by atoms with E-state index in [2.05, 4.69) is 29.5 Å². The lowest BCUT2D eigenvalue weighted by molar-refractivity contribution is -0.150. The van der Waals surface area contributed by atoms with Crippen molar-refractivity contribution < 1.29 is 19.4 Å². The highest BCUT2D eigenvalue weighted by molar-refractivity contribution is 5.95. The number of aliphatic hydroxyl groups is 1. The molecule has 0 saturated heterocycles. The van der Waals surface area contributed by atoms with Crippen LogP contribution in [0, 0.1) is 11.8 Å². The highest BCUT2D eigenvalue weighted by Crippen LogP contribution is 2.29. The van der Waals surface area contributed by atoms with Crippen molar-refractivity contribution in [1.82, 2.24) is 0 Å². The van der Waals surface area contributed by atoms with Crippen LogP contribution in [0.4, 0.5) is 0 Å². The first kappa shape index (κ1) is 22.1. The van der Waals surface area contributed by atoms with Crippen LogP contribution < -0.4 is 0 Å². The van der Waals surface area contributed by atoms with Crippen LogP contribution in [0.1, 0.15) is 58.8 Å². The fraction of sp³-hybridized carbons (Fsp3) is 0.591. The Morgan fingerprint density at radius 2 is 2.15 bits per heavy atom. The standard InChI is InChI=1S/C22H32O4/c1-4-5-6-7-8-9-12-18-14-15-20(23)19(18)16-17(2)11-10-13-21(24)22(25)26-3/h9-10,12,14-15,18-19,21,24H,4-8,13,16H2,1-3H3/t11?,18-,19+,21?/m0/s1. The number of hydrogen-bond donors (Lipinski definition) is 1. The zero-order chi connectivity index (χ0) is 19.4. The summed E-state index contributed by atoms with van der Waals surface area (Å²) >= 11 is 0. The van der Waals surface area contributed by atoms with Gasteiger partial charge in [-0.3, -0.25) is 4.79 Å². The molecule has 1 unspecified atom stereocenters. The molecule has 1 aliphatic rings. The van der Waals surface area contributed by atoms with Gasteiger partial charge < -0.3 is 9.84 Å². The summed E-state index contributed by atoms with van der Waals surface area (Å²) in [5.74, 6) is -0.430. The largest absolute Gasteiger partial charge is 0.467 e. The topological polar surface area (TPSA) is 63.6 Å². The molecule has 4 nitrogen and oxygen atoms in total. The van der Waals surface area contributed by atoms with Gasteiger partial charge in [0.05, 0.1) is 7.11 Å². The molecule has 0 saturated carbocycles. The highest BCUT2D eigenvalue weighted by atomic mass is 16.5. The van der Waals surface area contributed by atoms with Crippen LogP contribution in [0.2, 0.25) is 0 Å². The zero-order valence-corrected chi connectivity index (χ0v) is 16.2. The number of esters is 1. The van der Waals surface area contributed by atoms with Crippen LogP contribution in [0.3, 0.4) is 0 Å². The van der Waals surface area contributed by atoms with Crippen molar-refractivity contribution in [3.05, 3.63) is 41.7 Å². The van der Waals surface area contributed by atoms with Crippen molar-refractivity contribution in [3.8, 4) is 0 Å². The minimum absolute atomic E-state index is 0.0756. The first-order valence-electron chi connectivity index (χ1n) is 9.54. The SMILES string of the molecule is CCCCCCC=C[C@H]1C=CC(=O)[C@@H]1CC(C)=C=CCC(O)C(=O)OC. The Balaban J connectivity index is 2.54. The smallest absolute Gasteiger partial charge is 0.335 e. The second-order valence-electron chi connectivity index (χ2n) is 6.83. The molecule has 0 aliphatic heterocycles. The lowest BCUT2D eigenvalue weighted by Gasteiger charge is -2.14. The van der Waals surface area contributed by atoms with Gasteiger partial charge in [0.25, 0.3) is 0 Å². The molecule has 144 valence electrons. The summed E-state index contributed by atoms with van der Waals surface area (Å²) in [7, 11) is 1.24. The Morgan fingerprint density at radius 1 is 1.38 bits per heavy atom. The van der Waals surface area contributed by atoms with Gasteiger partial charge in [-0.05, 0) is 43.9 Å². The van der Waals surface area contributed by atoms with Gasteiger partial charge in [-0.25, -0.2) is 4.79 Å². The monoisotopic (exact) mass is 360 g/mol. The number of methoxy groups -OCH3 is 1. The molecule has 0 aromatic heterocycles. The summed E-state index contributed by atoms with van der Waals surface area (Å²) in [6.45, 7) is 4.12. The Kier molecular flexibility index (Phi) is 10.6. The maximum Gasteiger partial charge on any atom is 0.335 e. The minimum atomic E-state index is -1.17. The third-order valence-electron chi connectivity index (χ3n) is 4.58. The fourth-order valence-electron chi connectivity index (χ4n) is 3.00. The molecule has 26 heavy (non-hydrogen) atoms. The lowest BCUT2D eigenvalue weighted by Crippen LogP contribution is -2.20. The number of allylic oxidation sites excluding steroid dienone is 4. The van der Waals surface area contributed by atoms with Crippen LogP contribution >= 0.6 is 0 Å². The van der Waals surface area contributed by atoms with Gasteiger partial charge in [-0.2, -0.15) is 0 Å². The molecule has 0 amide bonds. The molecule has 3 atom stereocenters. The fourth-order valence-corrected chi connectivity index (χ4v) is 3.00. The van der Waals surface area contributed by atoms with Gasteiger partial charge in [0.15, 0.2) is 11.9 Å². The van der Waals surface area contributed by atoms with E-state index < -0.39 is 12.1 Å². The molecule has 1 rings (SSSR count). The van der Waals surface area contributed by atoms with Crippen LogP contribution in [0.5, 0.6) is 0 Å². The average Bonchev–Trinajstić information content (AvgIpc) is 2.97. The first-order valence-corrected chi connectivity index (χ1v) is 9.54. The van der Waals surface area contributed by atoms with E-state index in [0.717, 1.165) is 12.0 Å². The molecule has 0 radical (unpaired) electrons. The summed E-state index contributed by atoms with van der Waals surface area (Å²) in [5.41, 5.74) is 4.01. The Bertz CT molecular complexity index is 579. The first-order chi connectivity index (χ1) is 12.5. The van der Waals surface area contributed by atoms with Crippen molar-refractivity contribution in [2.24, 2.45) is 11.8 Å². The molecule has 0 spiro atoms. The number of ketones is 1. The van der Waals surface area contributed by atoms with Gasteiger partial charge in [0.1, 0.15) is 0 Å². The number of carbonyl (C=O) groups is 2. The number of unbranched alkanes of at least 4 members (excludes halogenated alkanes) is 4. The average molecular weight is 360 g/mol. The van der Waals surface area contributed by atoms with Crippen LogP contribution in [0.25, 0.3) is 0 Å². The predicted octanol–water partition coefficient (Wildman–Crippen LogP) is 4.30. The summed E-state index contributed by atoms with van der Waals surface area (Å²) in [6, 6.07) is 0. The molecule has 0 aromatic carbocycles. The Morgan fingerprint density at radius 3 is 2.85 bits per heavy atom. The van der Waals surface area contributed by atoms with Gasteiger partial charge in [0, 0.05) is 18.3 Å². The molecule has 4 heteroatoms. The molecular weight excluding hydrogens is 328 g/mol. The van der Waals surface area contributed by atoms with Crippen molar-refractivity contribution in [1.29, 1.82) is 0 Å². The van der Waals surface area contributed by atoms with E-state index in [1.807, 2.05) is 13.0 Å². The molecule has 0 aromatic rings. The molecular formula is C22H32O4. The quantitative estimate of drug-likeness (QED) is 0.258. The van der Waals surface area contributed by atoms with Crippen LogP contribution in [-0.2, 0) is 14.3 Å². The highest BCUT2D eigenvalue weighted by Gasteiger charge is 2.28. The maximum atomic E-state index is 12.1. The van der Waals surface area contributed by atoms with Crippen molar-refractivity contribution in [2.45, 2.75) is 64.9 Å². The zero-order valence-electron chi connectivity index (χ0n) is 16.2. The summed E-state index contributed by atoms with van der Waals surface area (Å²) < 4.78 is 4.47. The Labute approximate surface area is 157 Å². The van der Waals surface area contributed by atoms with E-state index in [-0.39, 0.29) is 24.0 Å². The third-order valence-corrected chi connectivity index (χ3v) is 4.58. The third kappa shape index (κ3) is 7.99. The molecule has 0 fully saturated rings. The Hall–Kier alpha value is -1.90. The molecule has 1 aliphatic carbocycles. The van der Waals surface area contributed by atoms with Crippen molar-refractivity contribution in [2.75, 3.05) is 7.11 Å². The lowest BCUT2D eigenvalue weighted by atomic mass is 9.88. The van der Waals surface area contributed by atoms with Crippen LogP contribution in [-0.4, -0.2) is 30.1 Å². The molecule has 0 bridgehead atoms. The number of ether oxygens (including phenoxy) is 1. The van der Waals surface area contributed by atoms with E-state index in [4.69, 9.17) is 0 Å². The van der Waals surface area contributed by atoms with Gasteiger partial charge in [0.2, 0.25) is 0 Å². The molecule has 0 heterocycles. The maximum absolute atomic E-state index is 12.1. The summed E-state index contributed by atoms with van der Waals surface area (Å²) in [4.78, 5) is 23.3. The van der Waals surface area contributed by atoms with Crippen molar-refractivity contribution in [3.63, 3.8) is 0 Å². The van der Waals surface area contributed by atoms with Crippen LogP contribution in [0.15, 0.2) is 41.7 Å². The van der Waals surface area contributed by atoms with Gasteiger partial charge in [-0.15, -0.1) is 5.73 Å². The van der Waals surface area contributed by atoms with E-state index in [1.165, 1.54) is 32.8 Å². The predicted molar refractivity (Wildman–Crippen MR) is 104 cm³/mol. The van der Waals surface area contributed by atoms with Gasteiger partial charge >= 0.3 is 5.97 Å². The minimum Gasteiger partial charge on any atom is -0.467 e. The molecule has 1 N–H and O–H groups in total. The van der Waals surface area contributed by atoms with E-state index in [9.17, 15) is 14.7 Å². The summed E-state index contributed by atoms with van der Waals surface area (Å²) in [6.07, 6.45) is 15.3. The summed E-state index contributed by atoms with van der Waals surface area (Å²) in [5, 5.41) is 9.55. The van der Waals surface area contributed by atoms with Gasteiger partial charge in [-0.1, -0.05) is 44.4 Å².